The van der Waals surface area contributed by atoms with Crippen molar-refractivity contribution in [1.82, 2.24) is 5.32 Å². The molecule has 0 radical (unpaired) electrons. The van der Waals surface area contributed by atoms with Crippen molar-refractivity contribution in [2.75, 3.05) is 20.3 Å². The molecule has 0 spiro atoms. The molecule has 0 rings (SSSR count). The molecule has 5 nitrogen and oxygen atoms in total. The van der Waals surface area contributed by atoms with Gasteiger partial charge < -0.3 is 20.9 Å². The molecule has 0 aliphatic carbocycles. The maximum Gasteiger partial charge on any atom is 0.237 e. The zero-order valence-electron chi connectivity index (χ0n) is 9.75. The lowest BCUT2D eigenvalue weighted by atomic mass is 10.0. The maximum absolute atomic E-state index is 11.6. The monoisotopic (exact) mass is 218 g/mol. The molecule has 1 unspecified atom stereocenters. The van der Waals surface area contributed by atoms with E-state index in [1.807, 2.05) is 13.8 Å². The molecule has 0 bridgehead atoms. The molecule has 1 atom stereocenters. The van der Waals surface area contributed by atoms with E-state index in [0.717, 1.165) is 0 Å². The maximum atomic E-state index is 11.6. The first-order valence-electron chi connectivity index (χ1n) is 5.10. The normalized spacial score (nSPS) is 13.7. The van der Waals surface area contributed by atoms with Crippen molar-refractivity contribution < 1.29 is 14.6 Å². The van der Waals surface area contributed by atoms with Gasteiger partial charge in [0.1, 0.15) is 0 Å². The van der Waals surface area contributed by atoms with Gasteiger partial charge in [0.25, 0.3) is 0 Å². The summed E-state index contributed by atoms with van der Waals surface area (Å²) in [6.45, 7) is 4.21. The van der Waals surface area contributed by atoms with Crippen molar-refractivity contribution in [1.29, 1.82) is 0 Å². The van der Waals surface area contributed by atoms with Crippen LogP contribution in [0, 0.1) is 0 Å². The highest BCUT2D eigenvalue weighted by Crippen LogP contribution is 2.07. The molecule has 0 aliphatic heterocycles. The quantitative estimate of drug-likeness (QED) is 0.544. The van der Waals surface area contributed by atoms with E-state index in [9.17, 15) is 4.79 Å². The highest BCUT2D eigenvalue weighted by Gasteiger charge is 2.22. The Morgan fingerprint density at radius 1 is 1.60 bits per heavy atom. The van der Waals surface area contributed by atoms with Crippen LogP contribution < -0.4 is 11.1 Å². The average molecular weight is 218 g/mol. The summed E-state index contributed by atoms with van der Waals surface area (Å²) in [4.78, 5) is 11.6. The lowest BCUT2D eigenvalue weighted by Gasteiger charge is -2.27. The predicted octanol–water partition coefficient (Wildman–Crippen LogP) is -0.373. The number of nitrogens with two attached hydrogens (primary N) is 1. The van der Waals surface area contributed by atoms with Crippen molar-refractivity contribution in [2.24, 2.45) is 5.73 Å². The van der Waals surface area contributed by atoms with Gasteiger partial charge in [-0.1, -0.05) is 0 Å². The minimum absolute atomic E-state index is 0.0423. The van der Waals surface area contributed by atoms with Crippen LogP contribution in [-0.2, 0) is 9.53 Å². The van der Waals surface area contributed by atoms with Crippen molar-refractivity contribution in [2.45, 2.75) is 38.3 Å². The lowest BCUT2D eigenvalue weighted by Crippen LogP contribution is -2.51. The van der Waals surface area contributed by atoms with E-state index in [-0.39, 0.29) is 12.5 Å². The molecule has 5 heteroatoms. The molecule has 0 aromatic rings. The fraction of sp³-hybridized carbons (Fsp3) is 0.900. The van der Waals surface area contributed by atoms with Crippen molar-refractivity contribution >= 4 is 5.91 Å². The number of aliphatic hydroxyl groups excluding tert-OH is 1. The largest absolute Gasteiger partial charge is 0.396 e. The Labute approximate surface area is 91.0 Å². The molecule has 0 saturated carbocycles. The summed E-state index contributed by atoms with van der Waals surface area (Å²) in [7, 11) is 1.57. The molecule has 0 fully saturated rings. The standard InChI is InChI=1S/C10H22N2O3/c1-10(2,5-6-13)12-9(14)8(11)4-7-15-3/h8,13H,4-7,11H2,1-3H3,(H,12,14). The lowest BCUT2D eigenvalue weighted by molar-refractivity contribution is -0.124. The molecule has 1 amide bonds. The first-order valence-corrected chi connectivity index (χ1v) is 5.10. The fourth-order valence-electron chi connectivity index (χ4n) is 1.14. The Bertz CT molecular complexity index is 195. The van der Waals surface area contributed by atoms with E-state index >= 15 is 0 Å². The summed E-state index contributed by atoms with van der Waals surface area (Å²) in [6.07, 6.45) is 1.01. The number of hydrogen-bond donors (Lipinski definition) is 3. The van der Waals surface area contributed by atoms with Crippen LogP contribution in [0.15, 0.2) is 0 Å². The number of hydrogen-bond acceptors (Lipinski definition) is 4. The average Bonchev–Trinajstić information content (AvgIpc) is 2.13. The van der Waals surface area contributed by atoms with Gasteiger partial charge in [0.15, 0.2) is 0 Å². The molecule has 0 aromatic carbocycles. The zero-order valence-corrected chi connectivity index (χ0v) is 9.75. The molecule has 15 heavy (non-hydrogen) atoms. The van der Waals surface area contributed by atoms with Gasteiger partial charge in [-0.2, -0.15) is 0 Å². The van der Waals surface area contributed by atoms with Gasteiger partial charge in [-0.3, -0.25) is 4.79 Å². The minimum atomic E-state index is -0.553. The van der Waals surface area contributed by atoms with Gasteiger partial charge in [0.05, 0.1) is 6.04 Å². The fourth-order valence-corrected chi connectivity index (χ4v) is 1.14. The molecular formula is C10H22N2O3. The number of rotatable bonds is 7. The van der Waals surface area contributed by atoms with Gasteiger partial charge >= 0.3 is 0 Å². The summed E-state index contributed by atoms with van der Waals surface area (Å²) < 4.78 is 4.84. The second-order valence-electron chi connectivity index (χ2n) is 4.23. The Morgan fingerprint density at radius 3 is 2.67 bits per heavy atom. The summed E-state index contributed by atoms with van der Waals surface area (Å²) in [5.74, 6) is -0.203. The van der Waals surface area contributed by atoms with E-state index in [1.165, 1.54) is 0 Å². The SMILES string of the molecule is COCCC(N)C(=O)NC(C)(C)CCO. The van der Waals surface area contributed by atoms with E-state index in [0.29, 0.717) is 19.4 Å². The van der Waals surface area contributed by atoms with Gasteiger partial charge in [-0.05, 0) is 26.7 Å². The molecule has 90 valence electrons. The van der Waals surface area contributed by atoms with E-state index in [1.54, 1.807) is 7.11 Å². The minimum Gasteiger partial charge on any atom is -0.396 e. The second-order valence-corrected chi connectivity index (χ2v) is 4.23. The Balaban J connectivity index is 4.00. The van der Waals surface area contributed by atoms with Crippen LogP contribution in [0.2, 0.25) is 0 Å². The number of nitrogens with one attached hydrogen (secondary N) is 1. The molecule has 4 N–H and O–H groups in total. The second kappa shape index (κ2) is 6.76. The molecule has 0 heterocycles. The van der Waals surface area contributed by atoms with Crippen LogP contribution in [0.5, 0.6) is 0 Å². The predicted molar refractivity (Wildman–Crippen MR) is 58.4 cm³/mol. The molecular weight excluding hydrogens is 196 g/mol. The molecule has 0 aromatic heterocycles. The number of amides is 1. The van der Waals surface area contributed by atoms with Crippen molar-refractivity contribution in [3.8, 4) is 0 Å². The summed E-state index contributed by atoms with van der Waals surface area (Å²) in [6, 6.07) is -0.553. The van der Waals surface area contributed by atoms with E-state index in [2.05, 4.69) is 5.32 Å². The Morgan fingerprint density at radius 2 is 2.20 bits per heavy atom. The van der Waals surface area contributed by atoms with Gasteiger partial charge in [0.2, 0.25) is 5.91 Å². The topological polar surface area (TPSA) is 84.6 Å². The van der Waals surface area contributed by atoms with Crippen LogP contribution in [0.1, 0.15) is 26.7 Å². The number of ether oxygens (including phenoxy) is 1. The third-order valence-corrected chi connectivity index (χ3v) is 2.17. The molecule has 0 saturated heterocycles. The van der Waals surface area contributed by atoms with Crippen LogP contribution in [0.25, 0.3) is 0 Å². The third kappa shape index (κ3) is 6.43. The summed E-state index contributed by atoms with van der Waals surface area (Å²) in [5, 5.41) is 11.6. The van der Waals surface area contributed by atoms with Gasteiger partial charge in [-0.25, -0.2) is 0 Å². The Hall–Kier alpha value is -0.650. The Kier molecular flexibility index (Phi) is 6.47. The first kappa shape index (κ1) is 14.3. The van der Waals surface area contributed by atoms with Gasteiger partial charge in [0, 0.05) is 25.9 Å². The van der Waals surface area contributed by atoms with Crippen LogP contribution in [-0.4, -0.2) is 42.9 Å². The van der Waals surface area contributed by atoms with E-state index in [4.69, 9.17) is 15.6 Å². The number of carbonyl (C=O) groups is 1. The highest BCUT2D eigenvalue weighted by molar-refractivity contribution is 5.82. The highest BCUT2D eigenvalue weighted by atomic mass is 16.5. The van der Waals surface area contributed by atoms with Crippen LogP contribution >= 0.6 is 0 Å². The van der Waals surface area contributed by atoms with Gasteiger partial charge in [-0.15, -0.1) is 0 Å². The number of methoxy groups -OCH3 is 1. The van der Waals surface area contributed by atoms with Crippen LogP contribution in [0.4, 0.5) is 0 Å². The molecule has 0 aliphatic rings. The third-order valence-electron chi connectivity index (χ3n) is 2.17. The smallest absolute Gasteiger partial charge is 0.237 e. The summed E-state index contributed by atoms with van der Waals surface area (Å²) in [5.41, 5.74) is 5.23. The van der Waals surface area contributed by atoms with Crippen molar-refractivity contribution in [3.05, 3.63) is 0 Å². The summed E-state index contributed by atoms with van der Waals surface area (Å²) >= 11 is 0. The number of aliphatic hydroxyl groups is 1. The first-order chi connectivity index (χ1) is 6.93. The zero-order chi connectivity index (χ0) is 11.9. The number of carbonyl (C=O) groups excluding carboxylic acids is 1. The van der Waals surface area contributed by atoms with Crippen LogP contribution in [0.3, 0.4) is 0 Å². The van der Waals surface area contributed by atoms with E-state index < -0.39 is 11.6 Å². The van der Waals surface area contributed by atoms with Crippen molar-refractivity contribution in [3.63, 3.8) is 0 Å².